The normalized spacial score (nSPS) is 47.1. The van der Waals surface area contributed by atoms with E-state index in [1.54, 1.807) is 0 Å². The number of carbonyl (C=O) groups excluding carboxylic acids is 1. The fraction of sp³-hybridized carbons (Fsp3) is 0.955. The number of ether oxygens (including phenoxy) is 7. The van der Waals surface area contributed by atoms with Gasteiger partial charge < -0.3 is 80.6 Å². The highest BCUT2D eigenvalue weighted by Crippen LogP contribution is 2.32. The first-order chi connectivity index (χ1) is 18.5. The molecular formula is C22H41N3O14. The minimum absolute atomic E-state index is 0.485. The van der Waals surface area contributed by atoms with Crippen LogP contribution in [-0.4, -0.2) is 163 Å². The molecule has 3 heterocycles. The molecule has 3 aliphatic rings. The van der Waals surface area contributed by atoms with Crippen molar-refractivity contribution in [2.24, 2.45) is 11.5 Å². The quantitative estimate of drug-likeness (QED) is 0.118. The van der Waals surface area contributed by atoms with Crippen LogP contribution in [0.3, 0.4) is 0 Å². The van der Waals surface area contributed by atoms with Crippen molar-refractivity contribution in [1.82, 2.24) is 5.32 Å². The van der Waals surface area contributed by atoms with Crippen LogP contribution in [0, 0.1) is 0 Å². The lowest BCUT2D eigenvalue weighted by Crippen LogP contribution is -2.70. The second kappa shape index (κ2) is 14.2. The summed E-state index contributed by atoms with van der Waals surface area (Å²) in [6.45, 7) is -0.584. The van der Waals surface area contributed by atoms with Crippen LogP contribution in [0.1, 0.15) is 6.92 Å². The Hall–Kier alpha value is -1.13. The average molecular weight is 572 g/mol. The van der Waals surface area contributed by atoms with Gasteiger partial charge in [-0.3, -0.25) is 4.79 Å². The number of aliphatic hydroxyl groups is 6. The topological polar surface area (TPSA) is 267 Å². The number of rotatable bonds is 10. The number of hydrogen-bond donors (Lipinski definition) is 9. The van der Waals surface area contributed by atoms with Crippen LogP contribution in [0.5, 0.6) is 0 Å². The maximum Gasteiger partial charge on any atom is 0.217 e. The largest absolute Gasteiger partial charge is 0.394 e. The van der Waals surface area contributed by atoms with E-state index in [1.807, 2.05) is 0 Å². The molecule has 0 radical (unpaired) electrons. The molecule has 1 amide bonds. The van der Waals surface area contributed by atoms with Crippen molar-refractivity contribution in [2.45, 2.75) is 98.9 Å². The summed E-state index contributed by atoms with van der Waals surface area (Å²) in [5, 5.41) is 64.4. The summed E-state index contributed by atoms with van der Waals surface area (Å²) in [5.74, 6) is -0.485. The van der Waals surface area contributed by atoms with Crippen molar-refractivity contribution in [3.05, 3.63) is 0 Å². The molecule has 39 heavy (non-hydrogen) atoms. The van der Waals surface area contributed by atoms with Crippen molar-refractivity contribution >= 4 is 5.91 Å². The van der Waals surface area contributed by atoms with Crippen LogP contribution in [0.15, 0.2) is 0 Å². The lowest BCUT2D eigenvalue weighted by molar-refractivity contribution is -0.350. The molecule has 9 unspecified atom stereocenters. The Morgan fingerprint density at radius 3 is 1.54 bits per heavy atom. The van der Waals surface area contributed by atoms with Gasteiger partial charge in [-0.25, -0.2) is 0 Å². The Kier molecular flexibility index (Phi) is 11.8. The molecule has 15 atom stereocenters. The molecule has 17 heteroatoms. The third-order valence-electron chi connectivity index (χ3n) is 7.11. The van der Waals surface area contributed by atoms with Gasteiger partial charge in [-0.15, -0.1) is 0 Å². The molecule has 11 N–H and O–H groups in total. The van der Waals surface area contributed by atoms with Crippen molar-refractivity contribution < 1.29 is 68.6 Å². The highest BCUT2D eigenvalue weighted by atomic mass is 16.7. The van der Waals surface area contributed by atoms with Gasteiger partial charge in [0.15, 0.2) is 18.9 Å². The summed E-state index contributed by atoms with van der Waals surface area (Å²) in [4.78, 5) is 11.7. The number of nitrogens with two attached hydrogens (primary N) is 2. The Balaban J connectivity index is 1.75. The fourth-order valence-corrected chi connectivity index (χ4v) is 5.01. The molecule has 0 saturated carbocycles. The summed E-state index contributed by atoms with van der Waals surface area (Å²) in [5.41, 5.74) is 12.2. The van der Waals surface area contributed by atoms with Crippen LogP contribution in [0.25, 0.3) is 0 Å². The second-order valence-corrected chi connectivity index (χ2v) is 9.67. The van der Waals surface area contributed by atoms with Crippen LogP contribution in [-0.2, 0) is 38.0 Å². The first kappa shape index (κ1) is 32.4. The summed E-state index contributed by atoms with van der Waals surface area (Å²) in [6, 6.07) is -3.57. The SMILES string of the molecule is CO[C@@H]1OC(CO)[C@@H](O[C@@H]2OC(CO)[C@@H](O[C@@H]3OC(CO)[C@@H](OC)C(O)C3N)C(O)C2N)C(O)C1NC(C)=O. The first-order valence-electron chi connectivity index (χ1n) is 12.5. The fourth-order valence-electron chi connectivity index (χ4n) is 5.01. The minimum atomic E-state index is -1.55. The predicted molar refractivity (Wildman–Crippen MR) is 126 cm³/mol. The zero-order valence-electron chi connectivity index (χ0n) is 21.9. The van der Waals surface area contributed by atoms with Gasteiger partial charge in [0.2, 0.25) is 5.91 Å². The van der Waals surface area contributed by atoms with Crippen LogP contribution in [0.4, 0.5) is 0 Å². The third kappa shape index (κ3) is 6.85. The minimum Gasteiger partial charge on any atom is -0.394 e. The van der Waals surface area contributed by atoms with E-state index >= 15 is 0 Å². The maximum atomic E-state index is 11.7. The highest BCUT2D eigenvalue weighted by molar-refractivity contribution is 5.73. The van der Waals surface area contributed by atoms with E-state index in [0.29, 0.717) is 0 Å². The predicted octanol–water partition coefficient (Wildman–Crippen LogP) is -6.19. The van der Waals surface area contributed by atoms with Gasteiger partial charge in [0.1, 0.15) is 61.0 Å². The molecule has 3 aliphatic heterocycles. The lowest BCUT2D eigenvalue weighted by atomic mass is 9.94. The average Bonchev–Trinajstić information content (AvgIpc) is 2.92. The molecule has 0 bridgehead atoms. The molecule has 228 valence electrons. The molecular weight excluding hydrogens is 530 g/mol. The van der Waals surface area contributed by atoms with Gasteiger partial charge in [-0.1, -0.05) is 0 Å². The standard InChI is InChI=1S/C22H41N3O14/c1-7(29)25-13-16(32)19(10(6-28)37-22(13)34-3)39-21-12(24)15(31)18(9(5-27)36-21)38-20-11(23)14(30)17(33-2)8(4-26)35-20/h8-22,26-28,30-32H,4-6,23-24H2,1-3H3,(H,25,29)/t8?,9?,10?,11?,12?,13?,14?,15?,16?,17-,18-,19-,20+,21+,22-/m1/s1. The smallest absolute Gasteiger partial charge is 0.217 e. The van der Waals surface area contributed by atoms with Crippen LogP contribution in [0.2, 0.25) is 0 Å². The van der Waals surface area contributed by atoms with Gasteiger partial charge in [0, 0.05) is 21.1 Å². The summed E-state index contributed by atoms with van der Waals surface area (Å²) < 4.78 is 39.0. The van der Waals surface area contributed by atoms with Gasteiger partial charge in [-0.05, 0) is 0 Å². The summed E-state index contributed by atoms with van der Waals surface area (Å²) >= 11 is 0. The Morgan fingerprint density at radius 1 is 0.718 bits per heavy atom. The molecule has 3 fully saturated rings. The van der Waals surface area contributed by atoms with Gasteiger partial charge >= 0.3 is 0 Å². The van der Waals surface area contributed by atoms with Crippen molar-refractivity contribution in [3.8, 4) is 0 Å². The van der Waals surface area contributed by atoms with E-state index in [4.69, 9.17) is 44.6 Å². The van der Waals surface area contributed by atoms with E-state index in [-0.39, 0.29) is 0 Å². The number of carbonyl (C=O) groups is 1. The Labute approximate surface area is 224 Å². The highest BCUT2D eigenvalue weighted by Gasteiger charge is 2.53. The van der Waals surface area contributed by atoms with E-state index in [9.17, 15) is 35.4 Å². The van der Waals surface area contributed by atoms with E-state index in [0.717, 1.165) is 0 Å². The van der Waals surface area contributed by atoms with Gasteiger partial charge in [-0.2, -0.15) is 0 Å². The molecule has 3 saturated heterocycles. The second-order valence-electron chi connectivity index (χ2n) is 9.67. The molecule has 0 aromatic rings. The Morgan fingerprint density at radius 2 is 1.13 bits per heavy atom. The number of aliphatic hydroxyl groups excluding tert-OH is 6. The van der Waals surface area contributed by atoms with Gasteiger partial charge in [0.25, 0.3) is 0 Å². The zero-order valence-corrected chi connectivity index (χ0v) is 21.9. The lowest BCUT2D eigenvalue weighted by Gasteiger charge is -2.49. The van der Waals surface area contributed by atoms with Crippen molar-refractivity contribution in [1.29, 1.82) is 0 Å². The number of amides is 1. The molecule has 0 aromatic heterocycles. The molecule has 0 aliphatic carbocycles. The van der Waals surface area contributed by atoms with Gasteiger partial charge in [0.05, 0.1) is 31.9 Å². The van der Waals surface area contributed by atoms with Crippen molar-refractivity contribution in [2.75, 3.05) is 34.0 Å². The van der Waals surface area contributed by atoms with E-state index in [2.05, 4.69) is 5.32 Å². The molecule has 0 aromatic carbocycles. The summed E-state index contributed by atoms with van der Waals surface area (Å²) in [7, 11) is 2.61. The number of methoxy groups -OCH3 is 2. The first-order valence-corrected chi connectivity index (χ1v) is 12.5. The molecule has 3 rings (SSSR count). The van der Waals surface area contributed by atoms with Crippen LogP contribution >= 0.6 is 0 Å². The summed E-state index contributed by atoms with van der Waals surface area (Å²) in [6.07, 6.45) is -15.1. The van der Waals surface area contributed by atoms with Crippen LogP contribution < -0.4 is 16.8 Å². The van der Waals surface area contributed by atoms with Crippen molar-refractivity contribution in [3.63, 3.8) is 0 Å². The van der Waals surface area contributed by atoms with E-state index in [1.165, 1.54) is 21.1 Å². The third-order valence-corrected chi connectivity index (χ3v) is 7.11. The number of nitrogens with one attached hydrogen (secondary N) is 1. The maximum absolute atomic E-state index is 11.7. The molecule has 17 nitrogen and oxygen atoms in total. The molecule has 0 spiro atoms. The Bertz CT molecular complexity index is 780. The zero-order chi connectivity index (χ0) is 29.0. The number of hydrogen-bond acceptors (Lipinski definition) is 16. The van der Waals surface area contributed by atoms with E-state index < -0.39 is 118 Å². The monoisotopic (exact) mass is 571 g/mol.